The molecule has 0 N–H and O–H groups in total. The molecule has 66 valence electrons. The van der Waals surface area contributed by atoms with E-state index in [-0.39, 0.29) is 0 Å². The summed E-state index contributed by atoms with van der Waals surface area (Å²) in [6.45, 7) is 4.77. The van der Waals surface area contributed by atoms with Crippen LogP contribution < -0.4 is 0 Å². The lowest BCUT2D eigenvalue weighted by Crippen LogP contribution is -2.35. The molecule has 0 spiro atoms. The molecule has 1 heterocycles. The van der Waals surface area contributed by atoms with Crippen molar-refractivity contribution in [3.8, 4) is 0 Å². The summed E-state index contributed by atoms with van der Waals surface area (Å²) in [7, 11) is 0. The Morgan fingerprint density at radius 1 is 1.27 bits per heavy atom. The monoisotopic (exact) mass is 173 g/mol. The molecule has 0 bridgehead atoms. The van der Waals surface area contributed by atoms with Crippen molar-refractivity contribution in [2.24, 2.45) is 0 Å². The fourth-order valence-corrected chi connectivity index (χ4v) is 2.15. The van der Waals surface area contributed by atoms with E-state index >= 15 is 0 Å². The molecule has 1 atom stereocenters. The summed E-state index contributed by atoms with van der Waals surface area (Å²) in [6, 6.07) is 0. The van der Waals surface area contributed by atoms with E-state index in [1.807, 2.05) is 0 Å². The third kappa shape index (κ3) is 3.04. The zero-order chi connectivity index (χ0) is 8.10. The number of piperidine rings is 1. The molecule has 0 aromatic carbocycles. The molecule has 1 fully saturated rings. The summed E-state index contributed by atoms with van der Waals surface area (Å²) in [5, 5.41) is 0.528. The van der Waals surface area contributed by atoms with Crippen LogP contribution in [0.3, 0.4) is 0 Å². The van der Waals surface area contributed by atoms with Crippen LogP contribution in [0.25, 0.3) is 0 Å². The van der Waals surface area contributed by atoms with Gasteiger partial charge in [0.15, 0.2) is 0 Å². The Morgan fingerprint density at radius 3 is 2.45 bits per heavy atom. The third-order valence-electron chi connectivity index (χ3n) is 2.36. The van der Waals surface area contributed by atoms with Crippen molar-refractivity contribution in [1.29, 1.82) is 0 Å². The van der Waals surface area contributed by atoms with Gasteiger partial charge in [-0.3, -0.25) is 4.90 Å². The van der Waals surface area contributed by atoms with Crippen LogP contribution in [0.5, 0.6) is 0 Å². The first kappa shape index (κ1) is 9.40. The van der Waals surface area contributed by atoms with E-state index in [1.54, 1.807) is 0 Å². The van der Waals surface area contributed by atoms with Crippen molar-refractivity contribution >= 4 is 12.6 Å². The number of hydrogen-bond acceptors (Lipinski definition) is 2. The first-order valence-corrected chi connectivity index (χ1v) is 5.28. The maximum atomic E-state index is 4.58. The average molecular weight is 173 g/mol. The van der Waals surface area contributed by atoms with Gasteiger partial charge in [-0.2, -0.15) is 12.6 Å². The van der Waals surface area contributed by atoms with Gasteiger partial charge in [-0.15, -0.1) is 0 Å². The van der Waals surface area contributed by atoms with Gasteiger partial charge in [-0.1, -0.05) is 19.8 Å². The van der Waals surface area contributed by atoms with Crippen LogP contribution in [0.2, 0.25) is 0 Å². The van der Waals surface area contributed by atoms with Gasteiger partial charge < -0.3 is 0 Å². The molecule has 11 heavy (non-hydrogen) atoms. The molecule has 1 unspecified atom stereocenters. The Kier molecular flexibility index (Phi) is 4.31. The second-order valence-corrected chi connectivity index (χ2v) is 3.96. The van der Waals surface area contributed by atoms with E-state index in [4.69, 9.17) is 0 Å². The summed E-state index contributed by atoms with van der Waals surface area (Å²) in [5.41, 5.74) is 0. The maximum absolute atomic E-state index is 4.58. The van der Waals surface area contributed by atoms with Crippen molar-refractivity contribution in [2.75, 3.05) is 13.1 Å². The number of nitrogens with zero attached hydrogens (tertiary/aromatic N) is 1. The average Bonchev–Trinajstić information content (AvgIpc) is 2.07. The van der Waals surface area contributed by atoms with E-state index in [1.165, 1.54) is 45.2 Å². The molecule has 0 radical (unpaired) electrons. The molecule has 0 aromatic rings. The molecule has 0 aromatic heterocycles. The smallest absolute Gasteiger partial charge is 0.0527 e. The summed E-state index contributed by atoms with van der Waals surface area (Å²) in [4.78, 5) is 2.51. The van der Waals surface area contributed by atoms with Gasteiger partial charge in [0.1, 0.15) is 0 Å². The molecule has 1 saturated heterocycles. The largest absolute Gasteiger partial charge is 0.292 e. The fraction of sp³-hybridized carbons (Fsp3) is 1.00. The van der Waals surface area contributed by atoms with Gasteiger partial charge in [0.25, 0.3) is 0 Å². The van der Waals surface area contributed by atoms with Crippen molar-refractivity contribution in [3.05, 3.63) is 0 Å². The second kappa shape index (κ2) is 5.04. The molecular formula is C9H19NS. The van der Waals surface area contributed by atoms with Gasteiger partial charge in [0.05, 0.1) is 5.37 Å². The lowest BCUT2D eigenvalue weighted by Gasteiger charge is -2.31. The van der Waals surface area contributed by atoms with E-state index in [2.05, 4.69) is 24.5 Å². The first-order valence-electron chi connectivity index (χ1n) is 4.76. The molecule has 1 rings (SSSR count). The zero-order valence-electron chi connectivity index (χ0n) is 7.42. The minimum atomic E-state index is 0.528. The normalized spacial score (nSPS) is 23.5. The first-order chi connectivity index (χ1) is 5.34. The summed E-state index contributed by atoms with van der Waals surface area (Å²) >= 11 is 4.58. The highest BCUT2D eigenvalue weighted by Crippen LogP contribution is 2.17. The molecule has 0 aliphatic carbocycles. The quantitative estimate of drug-likeness (QED) is 0.642. The highest BCUT2D eigenvalue weighted by molar-refractivity contribution is 7.80. The Bertz CT molecular complexity index is 99.7. The fourth-order valence-electron chi connectivity index (χ4n) is 1.66. The zero-order valence-corrected chi connectivity index (χ0v) is 8.32. The Hall–Kier alpha value is 0.310. The van der Waals surface area contributed by atoms with Crippen molar-refractivity contribution in [1.82, 2.24) is 4.90 Å². The van der Waals surface area contributed by atoms with Gasteiger partial charge in [-0.05, 0) is 32.4 Å². The summed E-state index contributed by atoms with van der Waals surface area (Å²) in [6.07, 6.45) is 6.67. The lowest BCUT2D eigenvalue weighted by molar-refractivity contribution is 0.207. The maximum Gasteiger partial charge on any atom is 0.0527 e. The molecule has 1 nitrogen and oxygen atoms in total. The van der Waals surface area contributed by atoms with Crippen LogP contribution >= 0.6 is 12.6 Å². The van der Waals surface area contributed by atoms with E-state index in [9.17, 15) is 0 Å². The van der Waals surface area contributed by atoms with Crippen LogP contribution in [0.1, 0.15) is 39.0 Å². The SMILES string of the molecule is CCCC(S)N1CCCCC1. The Balaban J connectivity index is 2.21. The number of rotatable bonds is 3. The number of likely N-dealkylation sites (tertiary alicyclic amines) is 1. The van der Waals surface area contributed by atoms with Crippen molar-refractivity contribution < 1.29 is 0 Å². The molecule has 1 aliphatic rings. The number of thiol groups is 1. The van der Waals surface area contributed by atoms with E-state index in [0.29, 0.717) is 5.37 Å². The van der Waals surface area contributed by atoms with Gasteiger partial charge in [0, 0.05) is 0 Å². The third-order valence-corrected chi connectivity index (χ3v) is 2.94. The predicted octanol–water partition coefficient (Wildman–Crippen LogP) is 2.53. The second-order valence-electron chi connectivity index (χ2n) is 3.37. The van der Waals surface area contributed by atoms with Crippen molar-refractivity contribution in [3.63, 3.8) is 0 Å². The van der Waals surface area contributed by atoms with Gasteiger partial charge in [0.2, 0.25) is 0 Å². The van der Waals surface area contributed by atoms with Crippen LogP contribution in [0, 0.1) is 0 Å². The van der Waals surface area contributed by atoms with Crippen LogP contribution in [0.4, 0.5) is 0 Å². The molecule has 1 aliphatic heterocycles. The Labute approximate surface area is 75.6 Å². The van der Waals surface area contributed by atoms with Gasteiger partial charge in [-0.25, -0.2) is 0 Å². The molecule has 0 saturated carbocycles. The van der Waals surface area contributed by atoms with Crippen molar-refractivity contribution in [2.45, 2.75) is 44.4 Å². The highest BCUT2D eigenvalue weighted by Gasteiger charge is 2.15. The lowest BCUT2D eigenvalue weighted by atomic mass is 10.1. The van der Waals surface area contributed by atoms with E-state index < -0.39 is 0 Å². The molecular weight excluding hydrogens is 154 g/mol. The summed E-state index contributed by atoms with van der Waals surface area (Å²) < 4.78 is 0. The van der Waals surface area contributed by atoms with Crippen LogP contribution in [-0.4, -0.2) is 23.4 Å². The molecule has 0 amide bonds. The predicted molar refractivity (Wildman–Crippen MR) is 53.1 cm³/mol. The van der Waals surface area contributed by atoms with Crippen LogP contribution in [0.15, 0.2) is 0 Å². The molecule has 2 heteroatoms. The highest BCUT2D eigenvalue weighted by atomic mass is 32.1. The number of hydrogen-bond donors (Lipinski definition) is 1. The minimum absolute atomic E-state index is 0.528. The van der Waals surface area contributed by atoms with E-state index in [0.717, 1.165) is 0 Å². The minimum Gasteiger partial charge on any atom is -0.292 e. The summed E-state index contributed by atoms with van der Waals surface area (Å²) in [5.74, 6) is 0. The van der Waals surface area contributed by atoms with Crippen LogP contribution in [-0.2, 0) is 0 Å². The van der Waals surface area contributed by atoms with Gasteiger partial charge >= 0.3 is 0 Å². The topological polar surface area (TPSA) is 3.24 Å². The standard InChI is InChI=1S/C9H19NS/c1-2-6-9(11)10-7-4-3-5-8-10/h9,11H,2-8H2,1H3. The Morgan fingerprint density at radius 2 is 1.91 bits per heavy atom.